The lowest BCUT2D eigenvalue weighted by Gasteiger charge is -2.45. The van der Waals surface area contributed by atoms with Crippen LogP contribution in [0.4, 0.5) is 34.1 Å². The van der Waals surface area contributed by atoms with Crippen LogP contribution in [0.25, 0.3) is 33.4 Å². The summed E-state index contributed by atoms with van der Waals surface area (Å²) in [6, 6.07) is 67.5. The number of aryl methyl sites for hydroxylation is 1. The number of hydrogen-bond donors (Lipinski definition) is 0. The Bertz CT molecular complexity index is 2620. The molecule has 10 rings (SSSR count). The van der Waals surface area contributed by atoms with Crippen LogP contribution in [0.2, 0.25) is 0 Å². The third kappa shape index (κ3) is 5.42. The lowest BCUT2D eigenvalue weighted by atomic mass is 9.72. The lowest BCUT2D eigenvalue weighted by Crippen LogP contribution is -2.32. The molecule has 264 valence electrons. The molecule has 0 atom stereocenters. The fraction of sp³-hybridized carbons (Fsp3) is 0.0769. The molecule has 0 spiro atoms. The number of ether oxygens (including phenoxy) is 1. The van der Waals surface area contributed by atoms with Crippen molar-refractivity contribution in [3.63, 3.8) is 0 Å². The first kappa shape index (κ1) is 32.8. The van der Waals surface area contributed by atoms with E-state index >= 15 is 0 Å². The standard InChI is InChI=1S/C52H40N2O/c1-35-14-12-23-48-49(35)54-47-22-11-10-21-45(47)52(2,3)46-33-32-44(51(55-48)50(46)54)40-19-13-20-43(34-40)53(41-28-24-38(25-29-41)36-15-6-4-7-16-36)42-30-26-39(27-31-42)37-17-8-5-9-18-37/h4-34H,1-3H3. The van der Waals surface area contributed by atoms with Crippen molar-refractivity contribution in [1.29, 1.82) is 0 Å². The molecule has 0 N–H and O–H groups in total. The maximum absolute atomic E-state index is 7.02. The van der Waals surface area contributed by atoms with Gasteiger partial charge in [-0.15, -0.1) is 0 Å². The highest BCUT2D eigenvalue weighted by Crippen LogP contribution is 2.62. The average molecular weight is 709 g/mol. The summed E-state index contributed by atoms with van der Waals surface area (Å²) in [5.74, 6) is 1.76. The first-order valence-electron chi connectivity index (χ1n) is 19.0. The Hall–Kier alpha value is -6.84. The number of anilines is 6. The molecule has 0 aromatic heterocycles. The molecule has 0 aliphatic carbocycles. The van der Waals surface area contributed by atoms with Gasteiger partial charge in [0.1, 0.15) is 0 Å². The van der Waals surface area contributed by atoms with Crippen LogP contribution in [0.5, 0.6) is 11.5 Å². The zero-order valence-electron chi connectivity index (χ0n) is 31.2. The molecule has 0 bridgehead atoms. The fourth-order valence-electron chi connectivity index (χ4n) is 8.56. The van der Waals surface area contributed by atoms with Crippen LogP contribution in [0.1, 0.15) is 30.5 Å². The molecule has 0 radical (unpaired) electrons. The van der Waals surface area contributed by atoms with Crippen molar-refractivity contribution in [2.45, 2.75) is 26.2 Å². The topological polar surface area (TPSA) is 15.7 Å². The van der Waals surface area contributed by atoms with Crippen molar-refractivity contribution in [1.82, 2.24) is 0 Å². The van der Waals surface area contributed by atoms with E-state index in [-0.39, 0.29) is 5.41 Å². The van der Waals surface area contributed by atoms with E-state index < -0.39 is 0 Å². The fourth-order valence-corrected chi connectivity index (χ4v) is 8.56. The molecule has 2 aliphatic heterocycles. The van der Waals surface area contributed by atoms with Gasteiger partial charge in [0.2, 0.25) is 0 Å². The summed E-state index contributed by atoms with van der Waals surface area (Å²) in [5, 5.41) is 0. The third-order valence-corrected chi connectivity index (χ3v) is 11.4. The first-order valence-corrected chi connectivity index (χ1v) is 19.0. The van der Waals surface area contributed by atoms with Gasteiger partial charge in [-0.25, -0.2) is 0 Å². The van der Waals surface area contributed by atoms with Gasteiger partial charge in [0.15, 0.2) is 11.5 Å². The van der Waals surface area contributed by atoms with Crippen LogP contribution in [0.15, 0.2) is 188 Å². The number of rotatable bonds is 6. The van der Waals surface area contributed by atoms with Crippen LogP contribution >= 0.6 is 0 Å². The molecule has 55 heavy (non-hydrogen) atoms. The van der Waals surface area contributed by atoms with E-state index in [9.17, 15) is 0 Å². The van der Waals surface area contributed by atoms with E-state index in [4.69, 9.17) is 4.74 Å². The summed E-state index contributed by atoms with van der Waals surface area (Å²) < 4.78 is 7.02. The largest absolute Gasteiger partial charge is 0.452 e. The quantitative estimate of drug-likeness (QED) is 0.171. The zero-order chi connectivity index (χ0) is 37.1. The van der Waals surface area contributed by atoms with Crippen molar-refractivity contribution in [3.05, 3.63) is 205 Å². The molecular formula is C52H40N2O. The summed E-state index contributed by atoms with van der Waals surface area (Å²) >= 11 is 0. The second kappa shape index (κ2) is 12.9. The summed E-state index contributed by atoms with van der Waals surface area (Å²) in [5.41, 5.74) is 17.1. The van der Waals surface area contributed by atoms with Crippen LogP contribution in [-0.2, 0) is 5.41 Å². The lowest BCUT2D eigenvalue weighted by molar-refractivity contribution is 0.472. The zero-order valence-corrected chi connectivity index (χ0v) is 31.2. The Kier molecular flexibility index (Phi) is 7.71. The van der Waals surface area contributed by atoms with E-state index in [1.54, 1.807) is 0 Å². The molecule has 8 aromatic carbocycles. The van der Waals surface area contributed by atoms with Gasteiger partial charge in [-0.2, -0.15) is 0 Å². The van der Waals surface area contributed by atoms with Crippen molar-refractivity contribution in [2.75, 3.05) is 9.80 Å². The van der Waals surface area contributed by atoms with Gasteiger partial charge in [-0.3, -0.25) is 0 Å². The van der Waals surface area contributed by atoms with E-state index in [2.05, 4.69) is 219 Å². The Morgan fingerprint density at radius 1 is 0.455 bits per heavy atom. The van der Waals surface area contributed by atoms with Gasteiger partial charge >= 0.3 is 0 Å². The normalized spacial score (nSPS) is 13.3. The molecule has 2 aliphatic rings. The second-order valence-electron chi connectivity index (χ2n) is 15.1. The minimum Gasteiger partial charge on any atom is -0.452 e. The Morgan fingerprint density at radius 2 is 1.02 bits per heavy atom. The molecular weight excluding hydrogens is 669 g/mol. The first-order chi connectivity index (χ1) is 27.0. The highest BCUT2D eigenvalue weighted by atomic mass is 16.5. The van der Waals surface area contributed by atoms with Crippen LogP contribution in [0.3, 0.4) is 0 Å². The number of hydrogen-bond acceptors (Lipinski definition) is 3. The summed E-state index contributed by atoms with van der Waals surface area (Å²) in [7, 11) is 0. The summed E-state index contributed by atoms with van der Waals surface area (Å²) in [4.78, 5) is 4.80. The van der Waals surface area contributed by atoms with Gasteiger partial charge < -0.3 is 14.5 Å². The smallest absolute Gasteiger partial charge is 0.159 e. The predicted molar refractivity (Wildman–Crippen MR) is 229 cm³/mol. The summed E-state index contributed by atoms with van der Waals surface area (Å²) in [6.45, 7) is 6.84. The van der Waals surface area contributed by atoms with Crippen molar-refractivity contribution in [2.24, 2.45) is 0 Å². The number of nitrogens with zero attached hydrogens (tertiary/aromatic N) is 2. The molecule has 8 aromatic rings. The van der Waals surface area contributed by atoms with Crippen molar-refractivity contribution in [3.8, 4) is 44.9 Å². The van der Waals surface area contributed by atoms with E-state index in [0.29, 0.717) is 0 Å². The minimum atomic E-state index is -0.213. The van der Waals surface area contributed by atoms with Crippen LogP contribution in [0, 0.1) is 6.92 Å². The maximum Gasteiger partial charge on any atom is 0.159 e. The monoisotopic (exact) mass is 708 g/mol. The molecule has 3 nitrogen and oxygen atoms in total. The minimum absolute atomic E-state index is 0.213. The van der Waals surface area contributed by atoms with Crippen molar-refractivity contribution >= 4 is 34.1 Å². The van der Waals surface area contributed by atoms with Crippen LogP contribution < -0.4 is 14.5 Å². The third-order valence-electron chi connectivity index (χ3n) is 11.4. The van der Waals surface area contributed by atoms with Gasteiger partial charge in [0.25, 0.3) is 0 Å². The Morgan fingerprint density at radius 3 is 1.67 bits per heavy atom. The Labute approximate surface area is 323 Å². The van der Waals surface area contributed by atoms with E-state index in [1.165, 1.54) is 44.6 Å². The SMILES string of the molecule is Cc1cccc2c1N1c3ccccc3C(C)(C)c3ccc(-c4cccc(N(c5ccc(-c6ccccc6)cc5)c5ccc(-c6ccccc6)cc5)c4)c(c31)O2. The average Bonchev–Trinajstić information content (AvgIpc) is 3.24. The van der Waals surface area contributed by atoms with E-state index in [0.717, 1.165) is 51.1 Å². The number of benzene rings is 8. The highest BCUT2D eigenvalue weighted by molar-refractivity contribution is 5.98. The Balaban J connectivity index is 1.12. The molecule has 2 heterocycles. The number of fused-ring (bicyclic) bond motifs is 4. The summed E-state index contributed by atoms with van der Waals surface area (Å²) in [6.07, 6.45) is 0. The van der Waals surface area contributed by atoms with Gasteiger partial charge in [0.05, 0.1) is 17.1 Å². The highest BCUT2D eigenvalue weighted by Gasteiger charge is 2.42. The van der Waals surface area contributed by atoms with Gasteiger partial charge in [-0.05, 0) is 100.0 Å². The van der Waals surface area contributed by atoms with Gasteiger partial charge in [-0.1, -0.05) is 153 Å². The maximum atomic E-state index is 7.02. The molecule has 0 fully saturated rings. The predicted octanol–water partition coefficient (Wildman–Crippen LogP) is 14.7. The van der Waals surface area contributed by atoms with Crippen molar-refractivity contribution < 1.29 is 4.74 Å². The molecule has 0 saturated carbocycles. The molecule has 0 saturated heterocycles. The molecule has 0 amide bonds. The molecule has 0 unspecified atom stereocenters. The van der Waals surface area contributed by atoms with E-state index in [1.807, 2.05) is 0 Å². The number of para-hydroxylation sites is 2. The second-order valence-corrected chi connectivity index (χ2v) is 15.1. The van der Waals surface area contributed by atoms with Gasteiger partial charge in [0, 0.05) is 28.0 Å². The van der Waals surface area contributed by atoms with Crippen LogP contribution in [-0.4, -0.2) is 0 Å². The molecule has 3 heteroatoms.